The zero-order chi connectivity index (χ0) is 14.8. The maximum atomic E-state index is 12.6. The molecule has 2 nitrogen and oxygen atoms in total. The number of halogens is 3. The molecule has 0 bridgehead atoms. The van der Waals surface area contributed by atoms with Crippen LogP contribution in [0, 0.1) is 13.0 Å². The third kappa shape index (κ3) is 3.38. The number of anilines is 1. The molecule has 0 saturated heterocycles. The molecule has 0 saturated carbocycles. The molecule has 20 heavy (non-hydrogen) atoms. The van der Waals surface area contributed by atoms with Gasteiger partial charge in [0.25, 0.3) is 5.91 Å². The number of carbonyl (C=O) groups excluding carboxylic acids is 1. The molecule has 2 aromatic carbocycles. The monoisotopic (exact) mass is 278 g/mol. The highest BCUT2D eigenvalue weighted by Crippen LogP contribution is 2.29. The summed E-state index contributed by atoms with van der Waals surface area (Å²) in [5, 5.41) is 2.50. The Hall–Kier alpha value is -2.30. The van der Waals surface area contributed by atoms with Crippen LogP contribution in [-0.4, -0.2) is 5.91 Å². The fourth-order valence-corrected chi connectivity index (χ4v) is 1.61. The molecular formula is C15H11F3NO. The summed E-state index contributed by atoms with van der Waals surface area (Å²) in [6.45, 7) is 1.87. The van der Waals surface area contributed by atoms with Crippen LogP contribution < -0.4 is 5.32 Å². The Morgan fingerprint density at radius 1 is 1.20 bits per heavy atom. The first-order valence-electron chi connectivity index (χ1n) is 5.83. The molecule has 0 aliphatic carbocycles. The van der Waals surface area contributed by atoms with Crippen molar-refractivity contribution >= 4 is 11.6 Å². The second-order valence-electron chi connectivity index (χ2n) is 4.31. The molecule has 0 aliphatic heterocycles. The second-order valence-corrected chi connectivity index (χ2v) is 4.31. The summed E-state index contributed by atoms with van der Waals surface area (Å²) < 4.78 is 37.7. The first kappa shape index (κ1) is 14.1. The van der Waals surface area contributed by atoms with E-state index in [1.54, 1.807) is 18.2 Å². The van der Waals surface area contributed by atoms with Gasteiger partial charge >= 0.3 is 6.18 Å². The fourth-order valence-electron chi connectivity index (χ4n) is 1.61. The predicted octanol–water partition coefficient (Wildman–Crippen LogP) is 4.07. The smallest absolute Gasteiger partial charge is 0.321 e. The normalized spacial score (nSPS) is 11.2. The Morgan fingerprint density at radius 3 is 2.55 bits per heavy atom. The largest absolute Gasteiger partial charge is 0.416 e. The van der Waals surface area contributed by atoms with Gasteiger partial charge in [-0.3, -0.25) is 4.79 Å². The van der Waals surface area contributed by atoms with Gasteiger partial charge in [0.1, 0.15) is 0 Å². The Balaban J connectivity index is 2.19. The van der Waals surface area contributed by atoms with Crippen LogP contribution in [0.15, 0.2) is 42.5 Å². The molecule has 2 aromatic rings. The van der Waals surface area contributed by atoms with Crippen molar-refractivity contribution in [2.24, 2.45) is 0 Å². The summed E-state index contributed by atoms with van der Waals surface area (Å²) in [5.74, 6) is -0.601. The lowest BCUT2D eigenvalue weighted by atomic mass is 10.1. The number of hydrogen-bond acceptors (Lipinski definition) is 1. The van der Waals surface area contributed by atoms with E-state index in [2.05, 4.69) is 11.4 Å². The molecule has 0 heterocycles. The Kier molecular flexibility index (Phi) is 3.79. The standard InChI is InChI=1S/C15H11F3NO/c1-10-5-7-13(8-6-10)19-14(20)11-3-2-4-12(9-11)15(16,17)18/h2-7,9H,1H3,(H,19,20). The van der Waals surface area contributed by atoms with E-state index in [9.17, 15) is 18.0 Å². The van der Waals surface area contributed by atoms with Gasteiger partial charge in [-0.05, 0) is 37.3 Å². The van der Waals surface area contributed by atoms with Crippen LogP contribution in [-0.2, 0) is 6.18 Å². The SMILES string of the molecule is Cc1c[c]c(NC(=O)c2cccc(C(F)(F)F)c2)cc1. The number of nitrogens with one attached hydrogen (secondary N) is 1. The number of aryl methyl sites for hydroxylation is 1. The molecule has 0 atom stereocenters. The summed E-state index contributed by atoms with van der Waals surface area (Å²) in [4.78, 5) is 11.9. The molecule has 1 amide bonds. The molecule has 0 unspecified atom stereocenters. The lowest BCUT2D eigenvalue weighted by Gasteiger charge is -2.09. The lowest BCUT2D eigenvalue weighted by molar-refractivity contribution is -0.137. The fraction of sp³-hybridized carbons (Fsp3) is 0.133. The summed E-state index contributed by atoms with van der Waals surface area (Å²) in [5.41, 5.74) is 0.493. The van der Waals surface area contributed by atoms with Gasteiger partial charge in [-0.2, -0.15) is 13.2 Å². The Morgan fingerprint density at radius 2 is 1.95 bits per heavy atom. The van der Waals surface area contributed by atoms with Gasteiger partial charge in [-0.15, -0.1) is 0 Å². The zero-order valence-electron chi connectivity index (χ0n) is 10.6. The highest BCUT2D eigenvalue weighted by Gasteiger charge is 2.30. The van der Waals surface area contributed by atoms with Crippen LogP contribution in [0.4, 0.5) is 18.9 Å². The number of amides is 1. The zero-order valence-corrected chi connectivity index (χ0v) is 10.6. The minimum atomic E-state index is -4.47. The molecule has 0 aromatic heterocycles. The minimum Gasteiger partial charge on any atom is -0.321 e. The van der Waals surface area contributed by atoms with Gasteiger partial charge in [-0.25, -0.2) is 0 Å². The van der Waals surface area contributed by atoms with Crippen LogP contribution in [0.25, 0.3) is 0 Å². The summed E-state index contributed by atoms with van der Waals surface area (Å²) in [7, 11) is 0. The number of carbonyl (C=O) groups is 1. The third-order valence-electron chi connectivity index (χ3n) is 2.67. The van der Waals surface area contributed by atoms with E-state index in [1.807, 2.05) is 6.92 Å². The molecule has 1 radical (unpaired) electrons. The molecular weight excluding hydrogens is 267 g/mol. The number of rotatable bonds is 2. The second kappa shape index (κ2) is 5.36. The Labute approximate surface area is 114 Å². The van der Waals surface area contributed by atoms with Crippen molar-refractivity contribution in [2.75, 3.05) is 5.32 Å². The number of alkyl halides is 3. The quantitative estimate of drug-likeness (QED) is 0.881. The molecule has 103 valence electrons. The van der Waals surface area contributed by atoms with Gasteiger partial charge < -0.3 is 5.32 Å². The predicted molar refractivity (Wildman–Crippen MR) is 69.4 cm³/mol. The topological polar surface area (TPSA) is 29.1 Å². The first-order valence-corrected chi connectivity index (χ1v) is 5.83. The summed E-state index contributed by atoms with van der Waals surface area (Å²) >= 11 is 0. The van der Waals surface area contributed by atoms with Crippen molar-refractivity contribution in [3.05, 3.63) is 65.2 Å². The minimum absolute atomic E-state index is 0.0474. The van der Waals surface area contributed by atoms with Gasteiger partial charge in [-0.1, -0.05) is 17.7 Å². The maximum Gasteiger partial charge on any atom is 0.416 e. The summed E-state index contributed by atoms with van der Waals surface area (Å²) in [6, 6.07) is 12.2. The van der Waals surface area contributed by atoms with E-state index in [0.717, 1.165) is 17.7 Å². The molecule has 5 heteroatoms. The van der Waals surface area contributed by atoms with E-state index in [1.165, 1.54) is 12.1 Å². The van der Waals surface area contributed by atoms with E-state index >= 15 is 0 Å². The average Bonchev–Trinajstić information content (AvgIpc) is 2.40. The van der Waals surface area contributed by atoms with Gasteiger partial charge in [0.15, 0.2) is 0 Å². The van der Waals surface area contributed by atoms with E-state index in [-0.39, 0.29) is 5.56 Å². The molecule has 0 spiro atoms. The van der Waals surface area contributed by atoms with Crippen molar-refractivity contribution in [1.29, 1.82) is 0 Å². The van der Waals surface area contributed by atoms with Crippen molar-refractivity contribution in [2.45, 2.75) is 13.1 Å². The lowest BCUT2D eigenvalue weighted by Crippen LogP contribution is -2.14. The van der Waals surface area contributed by atoms with Crippen molar-refractivity contribution in [1.82, 2.24) is 0 Å². The highest BCUT2D eigenvalue weighted by atomic mass is 19.4. The van der Waals surface area contributed by atoms with E-state index in [0.29, 0.717) is 5.69 Å². The highest BCUT2D eigenvalue weighted by molar-refractivity contribution is 6.04. The number of benzene rings is 2. The van der Waals surface area contributed by atoms with Crippen LogP contribution in [0.5, 0.6) is 0 Å². The van der Waals surface area contributed by atoms with Crippen LogP contribution in [0.2, 0.25) is 0 Å². The molecule has 0 aliphatic rings. The van der Waals surface area contributed by atoms with Gasteiger partial charge in [0, 0.05) is 17.3 Å². The van der Waals surface area contributed by atoms with Gasteiger partial charge in [0.05, 0.1) is 5.56 Å². The first-order chi connectivity index (χ1) is 9.36. The van der Waals surface area contributed by atoms with Crippen LogP contribution in [0.3, 0.4) is 0 Å². The average molecular weight is 278 g/mol. The van der Waals surface area contributed by atoms with E-state index in [4.69, 9.17) is 0 Å². The Bertz CT molecular complexity index is 618. The van der Waals surface area contributed by atoms with Crippen molar-refractivity contribution in [3.63, 3.8) is 0 Å². The number of hydrogen-bond donors (Lipinski definition) is 1. The van der Waals surface area contributed by atoms with Crippen LogP contribution >= 0.6 is 0 Å². The van der Waals surface area contributed by atoms with Crippen molar-refractivity contribution < 1.29 is 18.0 Å². The molecule has 2 rings (SSSR count). The van der Waals surface area contributed by atoms with Gasteiger partial charge in [0.2, 0.25) is 0 Å². The van der Waals surface area contributed by atoms with Crippen LogP contribution in [0.1, 0.15) is 21.5 Å². The van der Waals surface area contributed by atoms with E-state index < -0.39 is 17.6 Å². The van der Waals surface area contributed by atoms with Crippen molar-refractivity contribution in [3.8, 4) is 0 Å². The summed E-state index contributed by atoms with van der Waals surface area (Å²) in [6.07, 6.45) is -4.47. The molecule has 1 N–H and O–H groups in total. The molecule has 0 fully saturated rings. The third-order valence-corrected chi connectivity index (χ3v) is 2.67. The maximum absolute atomic E-state index is 12.6.